The summed E-state index contributed by atoms with van der Waals surface area (Å²) in [6.07, 6.45) is 4.57. The predicted octanol–water partition coefficient (Wildman–Crippen LogP) is 7.85. The minimum Gasteiger partial charge on any atom is -0.494 e. The van der Waals surface area contributed by atoms with Crippen molar-refractivity contribution in [3.8, 4) is 22.8 Å². The third-order valence-corrected chi connectivity index (χ3v) is 6.13. The van der Waals surface area contributed by atoms with Gasteiger partial charge in [-0.15, -0.1) is 0 Å². The van der Waals surface area contributed by atoms with E-state index >= 15 is 0 Å². The fourth-order valence-electron chi connectivity index (χ4n) is 4.13. The Morgan fingerprint density at radius 2 is 1.38 bits per heavy atom. The van der Waals surface area contributed by atoms with E-state index < -0.39 is 0 Å². The van der Waals surface area contributed by atoms with Gasteiger partial charge in [-0.3, -0.25) is 0 Å². The fourth-order valence-corrected chi connectivity index (χ4v) is 4.13. The van der Waals surface area contributed by atoms with Gasteiger partial charge in [0.25, 0.3) is 0 Å². The number of benzene rings is 3. The summed E-state index contributed by atoms with van der Waals surface area (Å²) in [5.41, 5.74) is 6.25. The van der Waals surface area contributed by atoms with E-state index in [2.05, 4.69) is 91.2 Å². The van der Waals surface area contributed by atoms with Crippen LogP contribution in [-0.2, 0) is 19.6 Å². The van der Waals surface area contributed by atoms with Crippen molar-refractivity contribution >= 4 is 0 Å². The number of aryl methyl sites for hydroxylation is 2. The monoisotopic (exact) mass is 453 g/mol. The number of unbranched alkanes of at least 4 members (excludes halogenated alkanes) is 1. The first-order chi connectivity index (χ1) is 16.7. The summed E-state index contributed by atoms with van der Waals surface area (Å²) in [5.74, 6) is 1.84. The molecule has 3 aromatic carbocycles. The molecular formula is C31H35NO2. The SMILES string of the molecule is CCCCc1ccc(OCCCn2c(C)ccc2-c2ccc(OCc3ccccc3)cc2)cc1. The number of ether oxygens (including phenoxy) is 2. The smallest absolute Gasteiger partial charge is 0.119 e. The second kappa shape index (κ2) is 12.1. The van der Waals surface area contributed by atoms with E-state index in [1.54, 1.807) is 0 Å². The van der Waals surface area contributed by atoms with Crippen molar-refractivity contribution in [1.82, 2.24) is 4.57 Å². The molecule has 0 aliphatic rings. The maximum Gasteiger partial charge on any atom is 0.119 e. The van der Waals surface area contributed by atoms with Gasteiger partial charge in [0.05, 0.1) is 6.61 Å². The van der Waals surface area contributed by atoms with Gasteiger partial charge in [0.15, 0.2) is 0 Å². The largest absolute Gasteiger partial charge is 0.494 e. The molecule has 0 N–H and O–H groups in total. The highest BCUT2D eigenvalue weighted by molar-refractivity contribution is 5.62. The molecule has 0 spiro atoms. The maximum absolute atomic E-state index is 6.00. The van der Waals surface area contributed by atoms with Crippen LogP contribution in [-0.4, -0.2) is 11.2 Å². The van der Waals surface area contributed by atoms with Gasteiger partial charge in [0.2, 0.25) is 0 Å². The third kappa shape index (κ3) is 6.54. The van der Waals surface area contributed by atoms with Crippen molar-refractivity contribution in [1.29, 1.82) is 0 Å². The van der Waals surface area contributed by atoms with Crippen LogP contribution < -0.4 is 9.47 Å². The summed E-state index contributed by atoms with van der Waals surface area (Å²) in [4.78, 5) is 0. The zero-order chi connectivity index (χ0) is 23.6. The molecule has 0 amide bonds. The zero-order valence-electron chi connectivity index (χ0n) is 20.4. The molecule has 0 aliphatic heterocycles. The highest BCUT2D eigenvalue weighted by Crippen LogP contribution is 2.26. The molecule has 3 heteroatoms. The Morgan fingerprint density at radius 1 is 0.676 bits per heavy atom. The van der Waals surface area contributed by atoms with Crippen LogP contribution in [0.3, 0.4) is 0 Å². The topological polar surface area (TPSA) is 23.4 Å². The molecule has 0 fully saturated rings. The maximum atomic E-state index is 6.00. The van der Waals surface area contributed by atoms with Gasteiger partial charge < -0.3 is 14.0 Å². The van der Waals surface area contributed by atoms with Gasteiger partial charge in [0.1, 0.15) is 18.1 Å². The molecule has 4 aromatic rings. The molecule has 1 heterocycles. The molecule has 0 aliphatic carbocycles. The molecule has 34 heavy (non-hydrogen) atoms. The second-order valence-corrected chi connectivity index (χ2v) is 8.76. The summed E-state index contributed by atoms with van der Waals surface area (Å²) in [7, 11) is 0. The van der Waals surface area contributed by atoms with E-state index in [-0.39, 0.29) is 0 Å². The van der Waals surface area contributed by atoms with E-state index in [0.717, 1.165) is 30.9 Å². The van der Waals surface area contributed by atoms with Crippen molar-refractivity contribution < 1.29 is 9.47 Å². The number of hydrogen-bond donors (Lipinski definition) is 0. The molecule has 4 rings (SSSR count). The van der Waals surface area contributed by atoms with Crippen molar-refractivity contribution in [2.45, 2.75) is 52.7 Å². The molecule has 0 atom stereocenters. The van der Waals surface area contributed by atoms with Gasteiger partial charge in [0, 0.05) is 17.9 Å². The highest BCUT2D eigenvalue weighted by atomic mass is 16.5. The summed E-state index contributed by atoms with van der Waals surface area (Å²) >= 11 is 0. The molecule has 1 aromatic heterocycles. The van der Waals surface area contributed by atoms with Crippen LogP contribution in [0.5, 0.6) is 11.5 Å². The number of aromatic nitrogens is 1. The van der Waals surface area contributed by atoms with E-state index in [1.807, 2.05) is 18.2 Å². The first kappa shape index (κ1) is 23.7. The van der Waals surface area contributed by atoms with Crippen molar-refractivity contribution in [2.24, 2.45) is 0 Å². The summed E-state index contributed by atoms with van der Waals surface area (Å²) in [5, 5.41) is 0. The van der Waals surface area contributed by atoms with Crippen LogP contribution in [0.2, 0.25) is 0 Å². The Balaban J connectivity index is 1.29. The van der Waals surface area contributed by atoms with Gasteiger partial charge in [-0.05, 0) is 91.4 Å². The van der Waals surface area contributed by atoms with Crippen molar-refractivity contribution in [3.63, 3.8) is 0 Å². The quantitative estimate of drug-likeness (QED) is 0.204. The van der Waals surface area contributed by atoms with Crippen LogP contribution in [0, 0.1) is 6.92 Å². The average Bonchev–Trinajstić information content (AvgIpc) is 3.25. The number of nitrogens with zero attached hydrogens (tertiary/aromatic N) is 1. The van der Waals surface area contributed by atoms with E-state index in [1.165, 1.54) is 40.9 Å². The lowest BCUT2D eigenvalue weighted by Gasteiger charge is -2.13. The number of hydrogen-bond acceptors (Lipinski definition) is 2. The Labute approximate surface area is 204 Å². The predicted molar refractivity (Wildman–Crippen MR) is 141 cm³/mol. The molecular weight excluding hydrogens is 418 g/mol. The Bertz CT molecular complexity index is 1130. The Morgan fingerprint density at radius 3 is 2.12 bits per heavy atom. The lowest BCUT2D eigenvalue weighted by molar-refractivity contribution is 0.301. The van der Waals surface area contributed by atoms with Crippen LogP contribution in [0.25, 0.3) is 11.3 Å². The summed E-state index contributed by atoms with van der Waals surface area (Å²) in [6, 6.07) is 31.6. The molecule has 0 saturated heterocycles. The summed E-state index contributed by atoms with van der Waals surface area (Å²) in [6.45, 7) is 6.60. The van der Waals surface area contributed by atoms with Crippen molar-refractivity contribution in [2.75, 3.05) is 6.61 Å². The molecule has 0 radical (unpaired) electrons. The minimum absolute atomic E-state index is 0.580. The second-order valence-electron chi connectivity index (χ2n) is 8.76. The third-order valence-electron chi connectivity index (χ3n) is 6.13. The average molecular weight is 454 g/mol. The van der Waals surface area contributed by atoms with Crippen LogP contribution in [0.1, 0.15) is 43.0 Å². The zero-order valence-corrected chi connectivity index (χ0v) is 20.4. The first-order valence-corrected chi connectivity index (χ1v) is 12.4. The van der Waals surface area contributed by atoms with Gasteiger partial charge in [-0.1, -0.05) is 55.8 Å². The van der Waals surface area contributed by atoms with Crippen LogP contribution in [0.15, 0.2) is 91.0 Å². The van der Waals surface area contributed by atoms with Crippen LogP contribution in [0.4, 0.5) is 0 Å². The minimum atomic E-state index is 0.580. The Kier molecular flexibility index (Phi) is 8.45. The van der Waals surface area contributed by atoms with E-state index in [4.69, 9.17) is 9.47 Å². The normalized spacial score (nSPS) is 10.9. The molecule has 0 unspecified atom stereocenters. The summed E-state index contributed by atoms with van der Waals surface area (Å²) < 4.78 is 14.3. The van der Waals surface area contributed by atoms with Crippen LogP contribution >= 0.6 is 0 Å². The molecule has 3 nitrogen and oxygen atoms in total. The lowest BCUT2D eigenvalue weighted by Crippen LogP contribution is -2.07. The first-order valence-electron chi connectivity index (χ1n) is 12.4. The lowest BCUT2D eigenvalue weighted by atomic mass is 10.1. The Hall–Kier alpha value is -3.46. The van der Waals surface area contributed by atoms with E-state index in [0.29, 0.717) is 13.2 Å². The number of rotatable bonds is 12. The van der Waals surface area contributed by atoms with Gasteiger partial charge in [-0.25, -0.2) is 0 Å². The highest BCUT2D eigenvalue weighted by Gasteiger charge is 2.08. The molecule has 0 bridgehead atoms. The van der Waals surface area contributed by atoms with Gasteiger partial charge >= 0.3 is 0 Å². The van der Waals surface area contributed by atoms with E-state index in [9.17, 15) is 0 Å². The van der Waals surface area contributed by atoms with Crippen molar-refractivity contribution in [3.05, 3.63) is 108 Å². The molecule has 0 saturated carbocycles. The fraction of sp³-hybridized carbons (Fsp3) is 0.290. The van der Waals surface area contributed by atoms with Gasteiger partial charge in [-0.2, -0.15) is 0 Å². The standard InChI is InChI=1S/C31H35NO2/c1-3-4-9-26-13-17-29(18-14-26)33-23-8-22-32-25(2)12-21-31(32)28-15-19-30(20-16-28)34-24-27-10-6-5-7-11-27/h5-7,10-21H,3-4,8-9,22-24H2,1-2H3. The molecule has 176 valence electrons.